The van der Waals surface area contributed by atoms with E-state index in [0.717, 1.165) is 0 Å². The molecule has 3 N–H and O–H groups in total. The number of anilines is 1. The van der Waals surface area contributed by atoms with Crippen molar-refractivity contribution in [3.05, 3.63) is 30.3 Å². The van der Waals surface area contributed by atoms with Crippen LogP contribution in [0.25, 0.3) is 0 Å². The first-order chi connectivity index (χ1) is 7.68. The molecule has 1 aromatic rings. The number of hydrogen-bond donors (Lipinski definition) is 2. The topological polar surface area (TPSA) is 75.4 Å². The molecule has 1 atom stereocenters. The van der Waals surface area contributed by atoms with Crippen LogP contribution in [0.4, 0.5) is 10.5 Å². The molecule has 5 nitrogen and oxygen atoms in total. The van der Waals surface area contributed by atoms with Crippen LogP contribution in [0.2, 0.25) is 0 Å². The monoisotopic (exact) mass is 219 g/mol. The molecule has 1 unspecified atom stereocenters. The summed E-state index contributed by atoms with van der Waals surface area (Å²) in [5.74, 6) is -0.450. The van der Waals surface area contributed by atoms with Crippen LogP contribution in [0.5, 0.6) is 0 Å². The van der Waals surface area contributed by atoms with Crippen LogP contribution in [0.3, 0.4) is 0 Å². The van der Waals surface area contributed by atoms with Crippen LogP contribution in [-0.4, -0.2) is 29.4 Å². The molecule has 0 spiro atoms. The molecule has 0 aromatic heterocycles. The summed E-state index contributed by atoms with van der Waals surface area (Å²) in [7, 11) is 0. The molecule has 3 amide bonds. The molecule has 1 aliphatic rings. The predicted molar refractivity (Wildman–Crippen MR) is 59.8 cm³/mol. The van der Waals surface area contributed by atoms with Crippen molar-refractivity contribution >= 4 is 17.6 Å². The number of hydrogen-bond acceptors (Lipinski definition) is 2. The van der Waals surface area contributed by atoms with E-state index < -0.39 is 11.9 Å². The van der Waals surface area contributed by atoms with Crippen molar-refractivity contribution in [2.75, 3.05) is 11.9 Å². The van der Waals surface area contributed by atoms with Gasteiger partial charge in [0.2, 0.25) is 5.91 Å². The maximum Gasteiger partial charge on any atom is 0.322 e. The highest BCUT2D eigenvalue weighted by Gasteiger charge is 2.36. The SMILES string of the molecule is NC(=O)C1CCN1C(=O)Nc1ccccc1. The smallest absolute Gasteiger partial charge is 0.322 e. The molecule has 2 rings (SSSR count). The number of rotatable bonds is 2. The summed E-state index contributed by atoms with van der Waals surface area (Å²) in [4.78, 5) is 24.1. The average Bonchev–Trinajstić information content (AvgIpc) is 2.16. The fraction of sp³-hybridized carbons (Fsp3) is 0.273. The van der Waals surface area contributed by atoms with Crippen molar-refractivity contribution < 1.29 is 9.59 Å². The lowest BCUT2D eigenvalue weighted by atomic mass is 10.0. The van der Waals surface area contributed by atoms with Crippen LogP contribution < -0.4 is 11.1 Å². The van der Waals surface area contributed by atoms with E-state index in [1.807, 2.05) is 18.2 Å². The number of amides is 3. The third-order valence-electron chi connectivity index (χ3n) is 2.63. The molecule has 0 radical (unpaired) electrons. The molecule has 84 valence electrons. The number of benzene rings is 1. The number of nitrogens with two attached hydrogens (primary N) is 1. The van der Waals surface area contributed by atoms with Gasteiger partial charge in [0.1, 0.15) is 6.04 Å². The summed E-state index contributed by atoms with van der Waals surface area (Å²) >= 11 is 0. The Bertz CT molecular complexity index is 405. The molecule has 16 heavy (non-hydrogen) atoms. The third-order valence-corrected chi connectivity index (χ3v) is 2.63. The molecular weight excluding hydrogens is 206 g/mol. The Balaban J connectivity index is 1.97. The Kier molecular flexibility index (Phi) is 2.76. The van der Waals surface area contributed by atoms with E-state index in [4.69, 9.17) is 5.73 Å². The van der Waals surface area contributed by atoms with Crippen LogP contribution in [0.1, 0.15) is 6.42 Å². The first-order valence-electron chi connectivity index (χ1n) is 5.10. The van der Waals surface area contributed by atoms with E-state index in [1.165, 1.54) is 4.90 Å². The molecule has 1 aromatic carbocycles. The Labute approximate surface area is 93.2 Å². The van der Waals surface area contributed by atoms with E-state index in [9.17, 15) is 9.59 Å². The van der Waals surface area contributed by atoms with Gasteiger partial charge in [-0.05, 0) is 18.6 Å². The molecule has 0 bridgehead atoms. The summed E-state index contributed by atoms with van der Waals surface area (Å²) in [5, 5.41) is 2.71. The van der Waals surface area contributed by atoms with E-state index in [2.05, 4.69) is 5.32 Å². The molecule has 1 aliphatic heterocycles. The van der Waals surface area contributed by atoms with Crippen LogP contribution in [0, 0.1) is 0 Å². The van der Waals surface area contributed by atoms with Crippen molar-refractivity contribution in [2.24, 2.45) is 5.73 Å². The lowest BCUT2D eigenvalue weighted by Gasteiger charge is -2.38. The van der Waals surface area contributed by atoms with E-state index in [0.29, 0.717) is 18.7 Å². The number of nitrogens with zero attached hydrogens (tertiary/aromatic N) is 1. The van der Waals surface area contributed by atoms with Gasteiger partial charge in [0, 0.05) is 12.2 Å². The number of para-hydroxylation sites is 1. The minimum Gasteiger partial charge on any atom is -0.368 e. The molecule has 1 heterocycles. The summed E-state index contributed by atoms with van der Waals surface area (Å²) < 4.78 is 0. The highest BCUT2D eigenvalue weighted by molar-refractivity contribution is 5.94. The van der Waals surface area contributed by atoms with Crippen molar-refractivity contribution in [1.82, 2.24) is 4.90 Å². The third kappa shape index (κ3) is 1.98. The molecule has 0 aliphatic carbocycles. The zero-order valence-electron chi connectivity index (χ0n) is 8.72. The second-order valence-corrected chi connectivity index (χ2v) is 3.70. The summed E-state index contributed by atoms with van der Waals surface area (Å²) in [6.07, 6.45) is 0.650. The van der Waals surface area contributed by atoms with Gasteiger partial charge in [0.25, 0.3) is 0 Å². The number of urea groups is 1. The van der Waals surface area contributed by atoms with Gasteiger partial charge in [-0.1, -0.05) is 18.2 Å². The zero-order chi connectivity index (χ0) is 11.5. The maximum atomic E-state index is 11.7. The fourth-order valence-electron chi connectivity index (χ4n) is 1.64. The van der Waals surface area contributed by atoms with Crippen molar-refractivity contribution in [2.45, 2.75) is 12.5 Å². The Hall–Kier alpha value is -2.04. The minimum absolute atomic E-state index is 0.277. The molecule has 1 saturated heterocycles. The van der Waals surface area contributed by atoms with Gasteiger partial charge in [-0.2, -0.15) is 0 Å². The first-order valence-corrected chi connectivity index (χ1v) is 5.10. The fourth-order valence-corrected chi connectivity index (χ4v) is 1.64. The number of nitrogens with one attached hydrogen (secondary N) is 1. The lowest BCUT2D eigenvalue weighted by Crippen LogP contribution is -2.58. The van der Waals surface area contributed by atoms with Gasteiger partial charge in [-0.3, -0.25) is 4.79 Å². The second-order valence-electron chi connectivity index (χ2n) is 3.70. The van der Waals surface area contributed by atoms with E-state index in [-0.39, 0.29) is 6.03 Å². The maximum absolute atomic E-state index is 11.7. The van der Waals surface area contributed by atoms with Crippen LogP contribution >= 0.6 is 0 Å². The Morgan fingerprint density at radius 2 is 2.00 bits per heavy atom. The highest BCUT2D eigenvalue weighted by atomic mass is 16.2. The minimum atomic E-state index is -0.455. The molecular formula is C11H13N3O2. The largest absolute Gasteiger partial charge is 0.368 e. The standard InChI is InChI=1S/C11H13N3O2/c12-10(15)9-6-7-14(9)11(16)13-8-4-2-1-3-5-8/h1-5,9H,6-7H2,(H2,12,15)(H,13,16). The van der Waals surface area contributed by atoms with Gasteiger partial charge in [-0.25, -0.2) is 4.79 Å². The van der Waals surface area contributed by atoms with E-state index >= 15 is 0 Å². The van der Waals surface area contributed by atoms with Gasteiger partial charge >= 0.3 is 6.03 Å². The summed E-state index contributed by atoms with van der Waals surface area (Å²) in [6.45, 7) is 0.576. The number of carbonyl (C=O) groups excluding carboxylic acids is 2. The first kappa shape index (κ1) is 10.5. The van der Waals surface area contributed by atoms with Gasteiger partial charge in [-0.15, -0.1) is 0 Å². The van der Waals surface area contributed by atoms with Crippen LogP contribution in [-0.2, 0) is 4.79 Å². The average molecular weight is 219 g/mol. The second kappa shape index (κ2) is 4.22. The van der Waals surface area contributed by atoms with Gasteiger partial charge in [0.05, 0.1) is 0 Å². The van der Waals surface area contributed by atoms with Crippen molar-refractivity contribution in [3.8, 4) is 0 Å². The summed E-state index contributed by atoms with van der Waals surface area (Å²) in [5.41, 5.74) is 5.87. The molecule has 1 fully saturated rings. The van der Waals surface area contributed by atoms with Gasteiger partial charge < -0.3 is 16.0 Å². The van der Waals surface area contributed by atoms with Gasteiger partial charge in [0.15, 0.2) is 0 Å². The predicted octanol–water partition coefficient (Wildman–Crippen LogP) is 0.778. The quantitative estimate of drug-likeness (QED) is 0.771. The number of primary amides is 1. The molecule has 5 heteroatoms. The number of likely N-dealkylation sites (tertiary alicyclic amines) is 1. The zero-order valence-corrected chi connectivity index (χ0v) is 8.72. The number of carbonyl (C=O) groups is 2. The normalized spacial score (nSPS) is 18.8. The van der Waals surface area contributed by atoms with Crippen LogP contribution in [0.15, 0.2) is 30.3 Å². The van der Waals surface area contributed by atoms with E-state index in [1.54, 1.807) is 12.1 Å². The lowest BCUT2D eigenvalue weighted by molar-refractivity contribution is -0.125. The highest BCUT2D eigenvalue weighted by Crippen LogP contribution is 2.18. The molecule has 0 saturated carbocycles. The Morgan fingerprint density at radius 1 is 1.31 bits per heavy atom. The van der Waals surface area contributed by atoms with Crippen molar-refractivity contribution in [1.29, 1.82) is 0 Å². The summed E-state index contributed by atoms with van der Waals surface area (Å²) in [6, 6.07) is 8.37. The Morgan fingerprint density at radius 3 is 2.50 bits per heavy atom. The van der Waals surface area contributed by atoms with Crippen molar-refractivity contribution in [3.63, 3.8) is 0 Å².